The van der Waals surface area contributed by atoms with Crippen molar-refractivity contribution in [3.8, 4) is 0 Å². The summed E-state index contributed by atoms with van der Waals surface area (Å²) in [6, 6.07) is 0. The molecule has 0 saturated heterocycles. The molecule has 17 heavy (non-hydrogen) atoms. The van der Waals surface area contributed by atoms with Crippen LogP contribution in [-0.4, -0.2) is 19.9 Å². The number of rotatable bonds is 2. The summed E-state index contributed by atoms with van der Waals surface area (Å²) in [5.74, 6) is 0. The third-order valence-corrected chi connectivity index (χ3v) is 3.77. The normalized spacial score (nSPS) is 13.9. The Morgan fingerprint density at radius 2 is 2.12 bits per heavy atom. The van der Waals surface area contributed by atoms with Crippen LogP contribution in [0.4, 0.5) is 0 Å². The molecule has 0 bridgehead atoms. The molecular formula is C12H17N3OS. The number of nitrogens with zero attached hydrogens (tertiary/aromatic N) is 3. The Hall–Kier alpha value is -1.20. The molecule has 1 atom stereocenters. The molecule has 2 aromatic rings. The van der Waals surface area contributed by atoms with E-state index in [0.717, 1.165) is 10.6 Å². The van der Waals surface area contributed by atoms with Gasteiger partial charge in [-0.1, -0.05) is 20.8 Å². The molecule has 0 aliphatic heterocycles. The number of aliphatic hydroxyl groups is 1. The summed E-state index contributed by atoms with van der Waals surface area (Å²) >= 11 is 1.59. The summed E-state index contributed by atoms with van der Waals surface area (Å²) in [4.78, 5) is 4.50. The number of aromatic nitrogens is 3. The molecule has 5 heteroatoms. The predicted molar refractivity (Wildman–Crippen MR) is 68.1 cm³/mol. The largest absolute Gasteiger partial charge is 0.382 e. The Labute approximate surface area is 105 Å². The molecule has 2 rings (SSSR count). The van der Waals surface area contributed by atoms with Gasteiger partial charge in [0.15, 0.2) is 0 Å². The molecule has 1 N–H and O–H groups in total. The smallest absolute Gasteiger partial charge is 0.125 e. The first-order valence-corrected chi connectivity index (χ1v) is 6.38. The standard InChI is InChI=1S/C12H17N3OS/c1-12(2,3)11-14-9(7-17-11)10(16)8-5-13-15(4)6-8/h5-7,10,16H,1-4H3. The van der Waals surface area contributed by atoms with E-state index < -0.39 is 6.10 Å². The number of aryl methyl sites for hydroxylation is 1. The van der Waals surface area contributed by atoms with E-state index in [9.17, 15) is 5.11 Å². The predicted octanol–water partition coefficient (Wildman–Crippen LogP) is 2.26. The lowest BCUT2D eigenvalue weighted by Crippen LogP contribution is -2.11. The second kappa shape index (κ2) is 4.23. The summed E-state index contributed by atoms with van der Waals surface area (Å²) in [7, 11) is 1.83. The van der Waals surface area contributed by atoms with Crippen LogP contribution in [-0.2, 0) is 12.5 Å². The zero-order chi connectivity index (χ0) is 12.6. The van der Waals surface area contributed by atoms with Gasteiger partial charge in [-0.15, -0.1) is 11.3 Å². The van der Waals surface area contributed by atoms with Crippen molar-refractivity contribution in [3.05, 3.63) is 34.0 Å². The second-order valence-electron chi connectivity index (χ2n) is 5.18. The van der Waals surface area contributed by atoms with Crippen LogP contribution in [0.25, 0.3) is 0 Å². The molecular weight excluding hydrogens is 234 g/mol. The third kappa shape index (κ3) is 2.56. The van der Waals surface area contributed by atoms with Crippen molar-refractivity contribution in [3.63, 3.8) is 0 Å². The average molecular weight is 251 g/mol. The van der Waals surface area contributed by atoms with Gasteiger partial charge in [-0.2, -0.15) is 5.10 Å². The van der Waals surface area contributed by atoms with Gasteiger partial charge in [0.25, 0.3) is 0 Å². The van der Waals surface area contributed by atoms with Gasteiger partial charge in [0, 0.05) is 29.6 Å². The molecule has 0 aromatic carbocycles. The Bertz CT molecular complexity index is 510. The average Bonchev–Trinajstić information content (AvgIpc) is 2.83. The Morgan fingerprint density at radius 1 is 1.41 bits per heavy atom. The van der Waals surface area contributed by atoms with Crippen LogP contribution >= 0.6 is 11.3 Å². The maximum Gasteiger partial charge on any atom is 0.125 e. The van der Waals surface area contributed by atoms with E-state index in [4.69, 9.17) is 0 Å². The van der Waals surface area contributed by atoms with E-state index >= 15 is 0 Å². The molecule has 0 saturated carbocycles. The summed E-state index contributed by atoms with van der Waals surface area (Å²) in [5.41, 5.74) is 1.50. The fraction of sp³-hybridized carbons (Fsp3) is 0.500. The van der Waals surface area contributed by atoms with E-state index in [1.165, 1.54) is 0 Å². The monoisotopic (exact) mass is 251 g/mol. The quantitative estimate of drug-likeness (QED) is 0.890. The topological polar surface area (TPSA) is 50.9 Å². The first-order chi connectivity index (χ1) is 7.88. The third-order valence-electron chi connectivity index (χ3n) is 2.48. The molecule has 92 valence electrons. The lowest BCUT2D eigenvalue weighted by Gasteiger charge is -2.13. The molecule has 0 aliphatic carbocycles. The molecule has 0 aliphatic rings. The number of aliphatic hydroxyl groups excluding tert-OH is 1. The van der Waals surface area contributed by atoms with Crippen LogP contribution in [0.15, 0.2) is 17.8 Å². The van der Waals surface area contributed by atoms with Gasteiger partial charge in [0.1, 0.15) is 6.10 Å². The van der Waals surface area contributed by atoms with E-state index in [0.29, 0.717) is 5.69 Å². The van der Waals surface area contributed by atoms with Crippen molar-refractivity contribution in [2.45, 2.75) is 32.3 Å². The molecule has 4 nitrogen and oxygen atoms in total. The van der Waals surface area contributed by atoms with Crippen LogP contribution in [0.5, 0.6) is 0 Å². The highest BCUT2D eigenvalue weighted by atomic mass is 32.1. The number of hydrogen-bond donors (Lipinski definition) is 1. The van der Waals surface area contributed by atoms with Gasteiger partial charge in [0.05, 0.1) is 16.9 Å². The van der Waals surface area contributed by atoms with Crippen molar-refractivity contribution in [1.82, 2.24) is 14.8 Å². The van der Waals surface area contributed by atoms with Gasteiger partial charge in [0.2, 0.25) is 0 Å². The molecule has 0 spiro atoms. The lowest BCUT2D eigenvalue weighted by molar-refractivity contribution is 0.215. The van der Waals surface area contributed by atoms with Gasteiger partial charge in [-0.25, -0.2) is 4.98 Å². The van der Waals surface area contributed by atoms with Crippen molar-refractivity contribution in [1.29, 1.82) is 0 Å². The van der Waals surface area contributed by atoms with Gasteiger partial charge in [-0.05, 0) is 0 Å². The Morgan fingerprint density at radius 3 is 2.59 bits per heavy atom. The number of thiazole rings is 1. The molecule has 2 heterocycles. The van der Waals surface area contributed by atoms with Gasteiger partial charge < -0.3 is 5.11 Å². The number of hydrogen-bond acceptors (Lipinski definition) is 4. The van der Waals surface area contributed by atoms with Crippen LogP contribution in [0.2, 0.25) is 0 Å². The van der Waals surface area contributed by atoms with Gasteiger partial charge >= 0.3 is 0 Å². The van der Waals surface area contributed by atoms with Crippen LogP contribution < -0.4 is 0 Å². The zero-order valence-electron chi connectivity index (χ0n) is 10.5. The minimum absolute atomic E-state index is 0.0254. The van der Waals surface area contributed by atoms with Crippen LogP contribution in [0.1, 0.15) is 43.1 Å². The molecule has 1 unspecified atom stereocenters. The molecule has 0 radical (unpaired) electrons. The van der Waals surface area contributed by atoms with E-state index in [1.807, 2.05) is 12.4 Å². The zero-order valence-corrected chi connectivity index (χ0v) is 11.3. The Kier molecular flexibility index (Phi) is 3.05. The Balaban J connectivity index is 2.26. The fourth-order valence-electron chi connectivity index (χ4n) is 1.51. The van der Waals surface area contributed by atoms with Crippen LogP contribution in [0.3, 0.4) is 0 Å². The van der Waals surface area contributed by atoms with Crippen molar-refractivity contribution in [2.75, 3.05) is 0 Å². The minimum atomic E-state index is -0.684. The molecule has 0 fully saturated rings. The lowest BCUT2D eigenvalue weighted by atomic mass is 9.98. The summed E-state index contributed by atoms with van der Waals surface area (Å²) in [6.07, 6.45) is 2.79. The van der Waals surface area contributed by atoms with Crippen LogP contribution in [0, 0.1) is 0 Å². The SMILES string of the molecule is Cn1cc(C(O)c2csc(C(C)(C)C)n2)cn1. The van der Waals surface area contributed by atoms with E-state index in [-0.39, 0.29) is 5.41 Å². The summed E-state index contributed by atoms with van der Waals surface area (Å²) in [5, 5.41) is 17.2. The fourth-order valence-corrected chi connectivity index (χ4v) is 2.43. The highest BCUT2D eigenvalue weighted by Crippen LogP contribution is 2.29. The van der Waals surface area contributed by atoms with E-state index in [1.54, 1.807) is 28.4 Å². The second-order valence-corrected chi connectivity index (χ2v) is 6.04. The van der Waals surface area contributed by atoms with Crippen molar-refractivity contribution in [2.24, 2.45) is 7.05 Å². The van der Waals surface area contributed by atoms with Gasteiger partial charge in [-0.3, -0.25) is 4.68 Å². The summed E-state index contributed by atoms with van der Waals surface area (Å²) in [6.45, 7) is 6.35. The molecule has 2 aromatic heterocycles. The first kappa shape index (κ1) is 12.3. The molecule has 0 amide bonds. The first-order valence-electron chi connectivity index (χ1n) is 5.50. The highest BCUT2D eigenvalue weighted by Gasteiger charge is 2.21. The maximum absolute atomic E-state index is 10.2. The van der Waals surface area contributed by atoms with Crippen molar-refractivity contribution < 1.29 is 5.11 Å². The van der Waals surface area contributed by atoms with E-state index in [2.05, 4.69) is 30.9 Å². The summed E-state index contributed by atoms with van der Waals surface area (Å²) < 4.78 is 1.68. The van der Waals surface area contributed by atoms with Crippen molar-refractivity contribution >= 4 is 11.3 Å². The highest BCUT2D eigenvalue weighted by molar-refractivity contribution is 7.09. The minimum Gasteiger partial charge on any atom is -0.382 e. The maximum atomic E-state index is 10.2.